The van der Waals surface area contributed by atoms with Gasteiger partial charge in [-0.1, -0.05) is 13.0 Å². The van der Waals surface area contributed by atoms with Gasteiger partial charge in [-0.2, -0.15) is 0 Å². The van der Waals surface area contributed by atoms with Crippen LogP contribution in [0.25, 0.3) is 0 Å². The highest BCUT2D eigenvalue weighted by molar-refractivity contribution is 5.77. The second-order valence-electron chi connectivity index (χ2n) is 5.22. The summed E-state index contributed by atoms with van der Waals surface area (Å²) in [5.74, 6) is 0. The molecule has 118 valence electrons. The van der Waals surface area contributed by atoms with E-state index in [1.54, 1.807) is 12.1 Å². The van der Waals surface area contributed by atoms with Crippen molar-refractivity contribution in [1.29, 1.82) is 0 Å². The van der Waals surface area contributed by atoms with Gasteiger partial charge in [0.25, 0.3) is 0 Å². The maximum atomic E-state index is 11.5. The van der Waals surface area contributed by atoms with Crippen LogP contribution in [0.5, 0.6) is 0 Å². The highest BCUT2D eigenvalue weighted by atomic mass is 16.6. The summed E-state index contributed by atoms with van der Waals surface area (Å²) in [7, 11) is 0. The molecule has 6 heteroatoms. The molecule has 0 aliphatic carbocycles. The summed E-state index contributed by atoms with van der Waals surface area (Å²) in [5, 5.41) is 23.6. The van der Waals surface area contributed by atoms with Crippen molar-refractivity contribution < 1.29 is 10.0 Å². The van der Waals surface area contributed by atoms with Gasteiger partial charge < -0.3 is 15.3 Å². The molecule has 0 amide bonds. The number of hydrogen-bond acceptors (Lipinski definition) is 5. The van der Waals surface area contributed by atoms with E-state index in [4.69, 9.17) is 5.11 Å². The lowest BCUT2D eigenvalue weighted by Gasteiger charge is -2.29. The fourth-order valence-corrected chi connectivity index (χ4v) is 2.26. The molecule has 21 heavy (non-hydrogen) atoms. The van der Waals surface area contributed by atoms with Crippen LogP contribution in [-0.2, 0) is 0 Å². The Hall–Kier alpha value is -1.82. The van der Waals surface area contributed by atoms with E-state index < -0.39 is 0 Å². The summed E-state index contributed by atoms with van der Waals surface area (Å²) in [6, 6.07) is 5.46. The number of rotatable bonds is 9. The Morgan fingerprint density at radius 2 is 2.14 bits per heavy atom. The third-order valence-corrected chi connectivity index (χ3v) is 3.25. The van der Waals surface area contributed by atoms with Crippen molar-refractivity contribution in [3.05, 3.63) is 28.3 Å². The van der Waals surface area contributed by atoms with Crippen LogP contribution in [0.2, 0.25) is 0 Å². The van der Waals surface area contributed by atoms with Crippen molar-refractivity contribution >= 4 is 17.1 Å². The fourth-order valence-electron chi connectivity index (χ4n) is 2.26. The van der Waals surface area contributed by atoms with Crippen molar-refractivity contribution in [3.63, 3.8) is 0 Å². The van der Waals surface area contributed by atoms with Gasteiger partial charge in [0.2, 0.25) is 0 Å². The lowest BCUT2D eigenvalue weighted by atomic mass is 10.1. The Balaban J connectivity index is 3.21. The molecule has 0 bridgehead atoms. The van der Waals surface area contributed by atoms with Crippen molar-refractivity contribution in [2.45, 2.75) is 39.7 Å². The first kappa shape index (κ1) is 17.2. The van der Waals surface area contributed by atoms with E-state index in [9.17, 15) is 10.1 Å². The number of benzene rings is 1. The second kappa shape index (κ2) is 8.46. The van der Waals surface area contributed by atoms with E-state index in [0.717, 1.165) is 6.42 Å². The zero-order valence-electron chi connectivity index (χ0n) is 13.0. The zero-order chi connectivity index (χ0) is 15.8. The van der Waals surface area contributed by atoms with Crippen LogP contribution in [0.3, 0.4) is 0 Å². The molecular formula is C15H25N3O3. The van der Waals surface area contributed by atoms with Gasteiger partial charge >= 0.3 is 5.69 Å². The van der Waals surface area contributed by atoms with Crippen LogP contribution in [0, 0.1) is 10.1 Å². The molecule has 0 heterocycles. The molecule has 2 N–H and O–H groups in total. The Kier molecular flexibility index (Phi) is 6.94. The molecule has 0 saturated carbocycles. The van der Waals surface area contributed by atoms with Gasteiger partial charge in [-0.05, 0) is 38.8 Å². The van der Waals surface area contributed by atoms with Crippen LogP contribution in [0.4, 0.5) is 17.1 Å². The molecule has 1 aromatic rings. The molecule has 0 aliphatic rings. The second-order valence-corrected chi connectivity index (χ2v) is 5.22. The number of nitrogens with one attached hydrogen (secondary N) is 1. The van der Waals surface area contributed by atoms with Crippen molar-refractivity contribution in [2.75, 3.05) is 29.9 Å². The van der Waals surface area contributed by atoms with Crippen LogP contribution >= 0.6 is 0 Å². The summed E-state index contributed by atoms with van der Waals surface area (Å²) >= 11 is 0. The Bertz CT molecular complexity index is 463. The lowest BCUT2D eigenvalue weighted by Crippen LogP contribution is -2.32. The number of hydrogen-bond donors (Lipinski definition) is 2. The monoisotopic (exact) mass is 295 g/mol. The normalized spacial score (nSPS) is 10.7. The third kappa shape index (κ3) is 4.60. The van der Waals surface area contributed by atoms with Crippen molar-refractivity contribution in [3.8, 4) is 0 Å². The molecule has 0 radical (unpaired) electrons. The minimum absolute atomic E-state index is 0.0742. The summed E-state index contributed by atoms with van der Waals surface area (Å²) in [6.45, 7) is 7.37. The van der Waals surface area contributed by atoms with Gasteiger partial charge in [-0.3, -0.25) is 10.1 Å². The van der Waals surface area contributed by atoms with Crippen LogP contribution < -0.4 is 10.2 Å². The first-order chi connectivity index (χ1) is 10.0. The minimum Gasteiger partial charge on any atom is -0.396 e. The lowest BCUT2D eigenvalue weighted by molar-refractivity contribution is -0.383. The molecule has 0 saturated heterocycles. The molecule has 1 rings (SSSR count). The number of nitro groups is 1. The molecule has 0 fully saturated rings. The van der Waals surface area contributed by atoms with Crippen LogP contribution in [-0.4, -0.2) is 35.8 Å². The summed E-state index contributed by atoms with van der Waals surface area (Å²) in [5.41, 5.74) is 1.26. The standard InChI is InChI=1S/C15H25N3O3/c1-4-9-16-13-7-5-8-14(15(13)18(20)21)17(12(2)3)10-6-11-19/h5,7-8,12,16,19H,4,6,9-11H2,1-3H3. The van der Waals surface area contributed by atoms with E-state index >= 15 is 0 Å². The van der Waals surface area contributed by atoms with Crippen molar-refractivity contribution in [1.82, 2.24) is 0 Å². The van der Waals surface area contributed by atoms with E-state index in [-0.39, 0.29) is 23.3 Å². The van der Waals surface area contributed by atoms with E-state index in [0.29, 0.717) is 30.9 Å². The highest BCUT2D eigenvalue weighted by Crippen LogP contribution is 2.36. The molecule has 6 nitrogen and oxygen atoms in total. The minimum atomic E-state index is -0.332. The molecule has 0 spiro atoms. The van der Waals surface area contributed by atoms with Crippen LogP contribution in [0.1, 0.15) is 33.6 Å². The number of para-hydroxylation sites is 1. The predicted molar refractivity (Wildman–Crippen MR) is 86.1 cm³/mol. The Morgan fingerprint density at radius 3 is 2.67 bits per heavy atom. The highest BCUT2D eigenvalue weighted by Gasteiger charge is 2.24. The molecule has 1 aromatic carbocycles. The first-order valence-corrected chi connectivity index (χ1v) is 7.41. The van der Waals surface area contributed by atoms with Gasteiger partial charge in [0.05, 0.1) is 4.92 Å². The number of aliphatic hydroxyl groups excluding tert-OH is 1. The molecular weight excluding hydrogens is 270 g/mol. The van der Waals surface area contributed by atoms with E-state index in [2.05, 4.69) is 5.32 Å². The molecule has 0 aromatic heterocycles. The van der Waals surface area contributed by atoms with Crippen LogP contribution in [0.15, 0.2) is 18.2 Å². The third-order valence-electron chi connectivity index (χ3n) is 3.25. The van der Waals surface area contributed by atoms with Gasteiger partial charge in [0.15, 0.2) is 0 Å². The smallest absolute Gasteiger partial charge is 0.315 e. The number of anilines is 2. The molecule has 0 unspecified atom stereocenters. The average molecular weight is 295 g/mol. The van der Waals surface area contributed by atoms with Gasteiger partial charge in [-0.15, -0.1) is 0 Å². The molecule has 0 aliphatic heterocycles. The molecule has 0 atom stereocenters. The Morgan fingerprint density at radius 1 is 1.43 bits per heavy atom. The van der Waals surface area contributed by atoms with Gasteiger partial charge in [0, 0.05) is 25.7 Å². The summed E-state index contributed by atoms with van der Waals surface area (Å²) in [6.07, 6.45) is 1.49. The fraction of sp³-hybridized carbons (Fsp3) is 0.600. The quantitative estimate of drug-likeness (QED) is 0.541. The Labute approximate surface area is 125 Å². The first-order valence-electron chi connectivity index (χ1n) is 7.41. The largest absolute Gasteiger partial charge is 0.396 e. The van der Waals surface area contributed by atoms with E-state index in [1.165, 1.54) is 0 Å². The van der Waals surface area contributed by atoms with Crippen molar-refractivity contribution in [2.24, 2.45) is 0 Å². The SMILES string of the molecule is CCCNc1cccc(N(CCCO)C(C)C)c1[N+](=O)[O-]. The topological polar surface area (TPSA) is 78.6 Å². The predicted octanol–water partition coefficient (Wildman–Crippen LogP) is 3.01. The maximum absolute atomic E-state index is 11.5. The summed E-state index contributed by atoms with van der Waals surface area (Å²) in [4.78, 5) is 13.1. The number of nitrogens with zero attached hydrogens (tertiary/aromatic N) is 2. The van der Waals surface area contributed by atoms with Gasteiger partial charge in [0.1, 0.15) is 11.4 Å². The summed E-state index contributed by atoms with van der Waals surface area (Å²) < 4.78 is 0. The average Bonchev–Trinajstić information content (AvgIpc) is 2.44. The number of aliphatic hydroxyl groups is 1. The number of nitro benzene ring substituents is 1. The maximum Gasteiger partial charge on any atom is 0.315 e. The van der Waals surface area contributed by atoms with Gasteiger partial charge in [-0.25, -0.2) is 0 Å². The van der Waals surface area contributed by atoms with E-state index in [1.807, 2.05) is 31.7 Å². The zero-order valence-corrected chi connectivity index (χ0v) is 13.0.